The summed E-state index contributed by atoms with van der Waals surface area (Å²) in [5.41, 5.74) is 0.836. The van der Waals surface area contributed by atoms with Gasteiger partial charge in [0.1, 0.15) is 11.8 Å². The molecular weight excluding hydrogens is 250 g/mol. The maximum atomic E-state index is 11.4. The number of ether oxygens (including phenoxy) is 1. The van der Waals surface area contributed by atoms with Crippen LogP contribution in [0.2, 0.25) is 0 Å². The molecule has 0 aliphatic rings. The molecule has 0 fully saturated rings. The molecule has 106 valence electrons. The Morgan fingerprint density at radius 1 is 1.42 bits per heavy atom. The van der Waals surface area contributed by atoms with Gasteiger partial charge in [0, 0.05) is 13.5 Å². The van der Waals surface area contributed by atoms with E-state index in [-0.39, 0.29) is 12.5 Å². The van der Waals surface area contributed by atoms with Crippen LogP contribution in [0.3, 0.4) is 0 Å². The van der Waals surface area contributed by atoms with E-state index in [2.05, 4.69) is 20.4 Å². The van der Waals surface area contributed by atoms with Gasteiger partial charge < -0.3 is 19.8 Å². The predicted octanol–water partition coefficient (Wildman–Crippen LogP) is 0.0587. The van der Waals surface area contributed by atoms with Crippen molar-refractivity contribution in [3.63, 3.8) is 0 Å². The number of hydrogen-bond donors (Lipinski definition) is 2. The van der Waals surface area contributed by atoms with Crippen LogP contribution in [0, 0.1) is 13.8 Å². The molecule has 0 aromatic carbocycles. The summed E-state index contributed by atoms with van der Waals surface area (Å²) in [6.07, 6.45) is 0. The smallest absolute Gasteiger partial charge is 0.329 e. The SMILES string of the molecule is COC(=O)C(CNCc1nc(C)c(C)o1)NC(C)=O. The Hall–Kier alpha value is -1.89. The lowest BCUT2D eigenvalue weighted by Gasteiger charge is -2.15. The van der Waals surface area contributed by atoms with E-state index >= 15 is 0 Å². The van der Waals surface area contributed by atoms with E-state index in [0.29, 0.717) is 12.4 Å². The number of carbonyl (C=O) groups excluding carboxylic acids is 2. The monoisotopic (exact) mass is 269 g/mol. The van der Waals surface area contributed by atoms with Crippen molar-refractivity contribution in [2.75, 3.05) is 13.7 Å². The fraction of sp³-hybridized carbons (Fsp3) is 0.583. The van der Waals surface area contributed by atoms with Crippen molar-refractivity contribution in [3.8, 4) is 0 Å². The van der Waals surface area contributed by atoms with E-state index in [0.717, 1.165) is 11.5 Å². The molecule has 1 rings (SSSR count). The number of nitrogens with one attached hydrogen (secondary N) is 2. The molecule has 0 aliphatic heterocycles. The van der Waals surface area contributed by atoms with Gasteiger partial charge in [-0.05, 0) is 13.8 Å². The molecule has 1 heterocycles. The third kappa shape index (κ3) is 4.70. The number of rotatable bonds is 6. The topological polar surface area (TPSA) is 93.5 Å². The molecule has 0 saturated heterocycles. The van der Waals surface area contributed by atoms with Crippen molar-refractivity contribution in [3.05, 3.63) is 17.3 Å². The minimum absolute atomic E-state index is 0.243. The number of nitrogens with zero attached hydrogens (tertiary/aromatic N) is 1. The zero-order chi connectivity index (χ0) is 14.4. The Morgan fingerprint density at radius 2 is 2.11 bits per heavy atom. The van der Waals surface area contributed by atoms with Crippen LogP contribution in [0.25, 0.3) is 0 Å². The largest absolute Gasteiger partial charge is 0.467 e. The van der Waals surface area contributed by atoms with Crippen LogP contribution in [-0.4, -0.2) is 36.6 Å². The Balaban J connectivity index is 2.47. The van der Waals surface area contributed by atoms with Gasteiger partial charge in [-0.25, -0.2) is 9.78 Å². The minimum Gasteiger partial charge on any atom is -0.467 e. The summed E-state index contributed by atoms with van der Waals surface area (Å²) < 4.78 is 9.99. The molecule has 1 atom stereocenters. The van der Waals surface area contributed by atoms with Gasteiger partial charge in [0.25, 0.3) is 0 Å². The molecule has 2 N–H and O–H groups in total. The average molecular weight is 269 g/mol. The van der Waals surface area contributed by atoms with Gasteiger partial charge in [-0.15, -0.1) is 0 Å². The van der Waals surface area contributed by atoms with Crippen molar-refractivity contribution < 1.29 is 18.7 Å². The lowest BCUT2D eigenvalue weighted by Crippen LogP contribution is -2.46. The van der Waals surface area contributed by atoms with E-state index in [4.69, 9.17) is 4.42 Å². The van der Waals surface area contributed by atoms with Gasteiger partial charge >= 0.3 is 5.97 Å². The molecular formula is C12H19N3O4. The van der Waals surface area contributed by atoms with E-state index in [1.165, 1.54) is 14.0 Å². The second kappa shape index (κ2) is 6.89. The number of aryl methyl sites for hydroxylation is 2. The average Bonchev–Trinajstić information content (AvgIpc) is 2.66. The van der Waals surface area contributed by atoms with Crippen molar-refractivity contribution in [1.82, 2.24) is 15.6 Å². The lowest BCUT2D eigenvalue weighted by molar-refractivity contribution is -0.144. The quantitative estimate of drug-likeness (QED) is 0.709. The summed E-state index contributed by atoms with van der Waals surface area (Å²) in [6, 6.07) is -0.723. The van der Waals surface area contributed by atoms with Gasteiger partial charge in [0.05, 0.1) is 19.3 Å². The fourth-order valence-electron chi connectivity index (χ4n) is 1.52. The van der Waals surface area contributed by atoms with Gasteiger partial charge in [-0.1, -0.05) is 0 Å². The third-order valence-electron chi connectivity index (χ3n) is 2.56. The number of esters is 1. The first kappa shape index (κ1) is 15.2. The number of methoxy groups -OCH3 is 1. The van der Waals surface area contributed by atoms with Crippen molar-refractivity contribution >= 4 is 11.9 Å². The van der Waals surface area contributed by atoms with Crippen LogP contribution in [-0.2, 0) is 20.9 Å². The molecule has 7 nitrogen and oxygen atoms in total. The van der Waals surface area contributed by atoms with Crippen LogP contribution in [0.4, 0.5) is 0 Å². The van der Waals surface area contributed by atoms with Gasteiger partial charge in [-0.2, -0.15) is 0 Å². The third-order valence-corrected chi connectivity index (χ3v) is 2.56. The zero-order valence-corrected chi connectivity index (χ0v) is 11.6. The molecule has 0 radical (unpaired) electrons. The molecule has 0 aliphatic carbocycles. The number of hydrogen-bond acceptors (Lipinski definition) is 6. The van der Waals surface area contributed by atoms with Crippen LogP contribution in [0.1, 0.15) is 24.3 Å². The first-order chi connectivity index (χ1) is 8.93. The van der Waals surface area contributed by atoms with E-state index < -0.39 is 12.0 Å². The number of carbonyl (C=O) groups is 2. The minimum atomic E-state index is -0.723. The van der Waals surface area contributed by atoms with E-state index in [1.807, 2.05) is 13.8 Å². The number of aromatic nitrogens is 1. The van der Waals surface area contributed by atoms with Crippen LogP contribution < -0.4 is 10.6 Å². The maximum absolute atomic E-state index is 11.4. The molecule has 0 spiro atoms. The summed E-state index contributed by atoms with van der Waals surface area (Å²) in [6.45, 7) is 5.66. The highest BCUT2D eigenvalue weighted by Crippen LogP contribution is 2.07. The molecule has 1 unspecified atom stereocenters. The lowest BCUT2D eigenvalue weighted by atomic mass is 10.3. The molecule has 1 aromatic rings. The Morgan fingerprint density at radius 3 is 2.58 bits per heavy atom. The van der Waals surface area contributed by atoms with E-state index in [9.17, 15) is 9.59 Å². The zero-order valence-electron chi connectivity index (χ0n) is 11.6. The Labute approximate surface area is 111 Å². The highest BCUT2D eigenvalue weighted by Gasteiger charge is 2.19. The van der Waals surface area contributed by atoms with Crippen molar-refractivity contribution in [2.24, 2.45) is 0 Å². The summed E-state index contributed by atoms with van der Waals surface area (Å²) in [7, 11) is 1.28. The first-order valence-electron chi connectivity index (χ1n) is 5.92. The molecule has 0 saturated carbocycles. The summed E-state index contributed by atoms with van der Waals surface area (Å²) in [5.74, 6) is 0.520. The first-order valence-corrected chi connectivity index (χ1v) is 5.92. The van der Waals surface area contributed by atoms with Crippen LogP contribution >= 0.6 is 0 Å². The van der Waals surface area contributed by atoms with Crippen molar-refractivity contribution in [1.29, 1.82) is 0 Å². The maximum Gasteiger partial charge on any atom is 0.329 e. The highest BCUT2D eigenvalue weighted by atomic mass is 16.5. The van der Waals surface area contributed by atoms with Gasteiger partial charge in [-0.3, -0.25) is 4.79 Å². The molecule has 0 bridgehead atoms. The number of amides is 1. The predicted molar refractivity (Wildman–Crippen MR) is 67.3 cm³/mol. The number of oxazole rings is 1. The Kier molecular flexibility index (Phi) is 5.50. The van der Waals surface area contributed by atoms with Crippen molar-refractivity contribution in [2.45, 2.75) is 33.4 Å². The van der Waals surface area contributed by atoms with Gasteiger partial charge in [0.15, 0.2) is 0 Å². The highest BCUT2D eigenvalue weighted by molar-refractivity contribution is 5.83. The second-order valence-corrected chi connectivity index (χ2v) is 4.16. The van der Waals surface area contributed by atoms with Crippen LogP contribution in [0.15, 0.2) is 4.42 Å². The van der Waals surface area contributed by atoms with E-state index in [1.54, 1.807) is 0 Å². The second-order valence-electron chi connectivity index (χ2n) is 4.16. The molecule has 1 aromatic heterocycles. The molecule has 19 heavy (non-hydrogen) atoms. The summed E-state index contributed by atoms with van der Waals surface area (Å²) in [5, 5.41) is 5.50. The Bertz CT molecular complexity index is 436. The normalized spacial score (nSPS) is 12.0. The summed E-state index contributed by atoms with van der Waals surface area (Å²) in [4.78, 5) is 26.6. The molecule has 7 heteroatoms. The molecule has 1 amide bonds. The van der Waals surface area contributed by atoms with Crippen LogP contribution in [0.5, 0.6) is 0 Å². The fourth-order valence-corrected chi connectivity index (χ4v) is 1.52. The summed E-state index contributed by atoms with van der Waals surface area (Å²) >= 11 is 0. The standard InChI is InChI=1S/C12H19N3O4/c1-7-8(2)19-11(14-7)6-13-5-10(12(17)18-4)15-9(3)16/h10,13H,5-6H2,1-4H3,(H,15,16). The van der Waals surface area contributed by atoms with Gasteiger partial charge in [0.2, 0.25) is 11.8 Å².